The second kappa shape index (κ2) is 9.27. The number of rotatable bonds is 8. The summed E-state index contributed by atoms with van der Waals surface area (Å²) < 4.78 is 0. The number of carbonyl (C=O) groups excluding carboxylic acids is 1. The zero-order valence-corrected chi connectivity index (χ0v) is 15.2. The van der Waals surface area contributed by atoms with E-state index in [4.69, 9.17) is 0 Å². The Hall–Kier alpha value is -1.09. The van der Waals surface area contributed by atoms with Crippen LogP contribution >= 0.6 is 0 Å². The average molecular weight is 319 g/mol. The number of likely N-dealkylation sites (tertiary alicyclic amines) is 1. The number of hydrogen-bond acceptors (Lipinski definition) is 2. The van der Waals surface area contributed by atoms with Crippen LogP contribution in [0.25, 0.3) is 0 Å². The summed E-state index contributed by atoms with van der Waals surface area (Å²) in [4.78, 5) is 14.2. The Morgan fingerprint density at radius 3 is 2.39 bits per heavy atom. The van der Waals surface area contributed by atoms with Crippen LogP contribution in [0, 0.1) is 11.8 Å². The van der Waals surface area contributed by atoms with Crippen LogP contribution in [0.15, 0.2) is 23.3 Å². The first-order chi connectivity index (χ1) is 11.0. The molecule has 0 aromatic heterocycles. The largest absolute Gasteiger partial charge is 0.356 e. The van der Waals surface area contributed by atoms with E-state index >= 15 is 0 Å². The van der Waals surface area contributed by atoms with Crippen molar-refractivity contribution in [1.29, 1.82) is 0 Å². The summed E-state index contributed by atoms with van der Waals surface area (Å²) in [7, 11) is 0. The van der Waals surface area contributed by atoms with Gasteiger partial charge < -0.3 is 5.32 Å². The fourth-order valence-electron chi connectivity index (χ4n) is 3.08. The molecule has 0 bridgehead atoms. The van der Waals surface area contributed by atoms with Gasteiger partial charge >= 0.3 is 0 Å². The first kappa shape index (κ1) is 18.3. The van der Waals surface area contributed by atoms with E-state index in [9.17, 15) is 4.79 Å². The minimum atomic E-state index is 0.294. The highest BCUT2D eigenvalue weighted by Crippen LogP contribution is 2.29. The molecule has 3 nitrogen and oxygen atoms in total. The van der Waals surface area contributed by atoms with E-state index in [1.165, 1.54) is 43.5 Å². The molecule has 1 saturated carbocycles. The van der Waals surface area contributed by atoms with E-state index in [0.717, 1.165) is 32.4 Å². The van der Waals surface area contributed by atoms with E-state index in [1.54, 1.807) is 0 Å². The Balaban J connectivity index is 1.58. The summed E-state index contributed by atoms with van der Waals surface area (Å²) in [6.45, 7) is 10.9. The van der Waals surface area contributed by atoms with Crippen LogP contribution in [-0.2, 0) is 4.79 Å². The molecule has 0 aromatic rings. The molecule has 1 aliphatic carbocycles. The van der Waals surface area contributed by atoms with E-state index in [-0.39, 0.29) is 0 Å². The summed E-state index contributed by atoms with van der Waals surface area (Å²) in [5.74, 6) is 1.31. The lowest BCUT2D eigenvalue weighted by Crippen LogP contribution is -2.39. The Bertz CT molecular complexity index is 437. The van der Waals surface area contributed by atoms with Crippen LogP contribution in [0.5, 0.6) is 0 Å². The van der Waals surface area contributed by atoms with Crippen molar-refractivity contribution >= 4 is 5.91 Å². The lowest BCUT2D eigenvalue weighted by Gasteiger charge is -2.31. The van der Waals surface area contributed by atoms with Gasteiger partial charge in [0.05, 0.1) is 0 Å². The Morgan fingerprint density at radius 1 is 1.09 bits per heavy atom. The topological polar surface area (TPSA) is 32.3 Å². The average Bonchev–Trinajstić information content (AvgIpc) is 3.36. The van der Waals surface area contributed by atoms with Gasteiger partial charge in [-0.05, 0) is 78.3 Å². The maximum Gasteiger partial charge on any atom is 0.223 e. The highest BCUT2D eigenvalue weighted by atomic mass is 16.2. The maximum absolute atomic E-state index is 11.7. The van der Waals surface area contributed by atoms with Crippen LogP contribution in [0.1, 0.15) is 59.3 Å². The smallest absolute Gasteiger partial charge is 0.223 e. The number of nitrogens with zero attached hydrogens (tertiary/aromatic N) is 1. The Labute approximate surface area is 142 Å². The maximum atomic E-state index is 11.7. The summed E-state index contributed by atoms with van der Waals surface area (Å²) in [5.41, 5.74) is 2.91. The molecule has 130 valence electrons. The molecular formula is C20H34N2O. The second-order valence-corrected chi connectivity index (χ2v) is 7.63. The van der Waals surface area contributed by atoms with Crippen LogP contribution < -0.4 is 5.32 Å². The van der Waals surface area contributed by atoms with Gasteiger partial charge in [0.1, 0.15) is 0 Å². The molecule has 0 spiro atoms. The quantitative estimate of drug-likeness (QED) is 0.688. The van der Waals surface area contributed by atoms with Gasteiger partial charge in [-0.15, -0.1) is 0 Å². The predicted molar refractivity (Wildman–Crippen MR) is 97.3 cm³/mol. The number of carbonyl (C=O) groups is 1. The fourth-order valence-corrected chi connectivity index (χ4v) is 3.08. The molecule has 2 fully saturated rings. The van der Waals surface area contributed by atoms with Gasteiger partial charge in [0.25, 0.3) is 0 Å². The van der Waals surface area contributed by atoms with E-state index in [1.807, 2.05) is 0 Å². The van der Waals surface area contributed by atoms with Crippen molar-refractivity contribution in [2.45, 2.75) is 59.3 Å². The van der Waals surface area contributed by atoms with Gasteiger partial charge in [0.15, 0.2) is 0 Å². The predicted octanol–water partition coefficient (Wildman–Crippen LogP) is 3.92. The van der Waals surface area contributed by atoms with Crippen molar-refractivity contribution in [1.82, 2.24) is 10.2 Å². The first-order valence-corrected chi connectivity index (χ1v) is 9.33. The summed E-state index contributed by atoms with van der Waals surface area (Å²) in [6.07, 6.45) is 11.7. The third-order valence-corrected chi connectivity index (χ3v) is 5.01. The molecule has 1 amide bonds. The molecule has 1 N–H and O–H groups in total. The molecule has 3 heteroatoms. The number of amides is 1. The van der Waals surface area contributed by atoms with Gasteiger partial charge in [0, 0.05) is 19.0 Å². The summed E-state index contributed by atoms with van der Waals surface area (Å²) in [6, 6.07) is 0. The van der Waals surface area contributed by atoms with Gasteiger partial charge in [-0.3, -0.25) is 9.69 Å². The summed E-state index contributed by atoms with van der Waals surface area (Å²) >= 11 is 0. The van der Waals surface area contributed by atoms with Gasteiger partial charge in [-0.1, -0.05) is 23.3 Å². The third kappa shape index (κ3) is 7.34. The van der Waals surface area contributed by atoms with E-state index in [0.29, 0.717) is 17.7 Å². The normalized spacial score (nSPS) is 20.4. The van der Waals surface area contributed by atoms with Crippen molar-refractivity contribution < 1.29 is 4.79 Å². The SMILES string of the molecule is CC(C)=CCCC(C)=CCN1CCC(CNC(=O)C2CC2)CC1. The molecule has 0 radical (unpaired) electrons. The molecule has 1 saturated heterocycles. The van der Waals surface area contributed by atoms with Gasteiger partial charge in [-0.25, -0.2) is 0 Å². The molecular weight excluding hydrogens is 284 g/mol. The van der Waals surface area contributed by atoms with Crippen LogP contribution in [-0.4, -0.2) is 37.0 Å². The molecule has 2 aliphatic rings. The lowest BCUT2D eigenvalue weighted by molar-refractivity contribution is -0.122. The van der Waals surface area contributed by atoms with Crippen molar-refractivity contribution in [2.24, 2.45) is 11.8 Å². The number of hydrogen-bond donors (Lipinski definition) is 1. The lowest BCUT2D eigenvalue weighted by atomic mass is 9.96. The highest BCUT2D eigenvalue weighted by Gasteiger charge is 2.30. The monoisotopic (exact) mass is 318 g/mol. The van der Waals surface area contributed by atoms with Gasteiger partial charge in [0.2, 0.25) is 5.91 Å². The van der Waals surface area contributed by atoms with Crippen molar-refractivity contribution in [2.75, 3.05) is 26.2 Å². The number of allylic oxidation sites excluding steroid dienone is 3. The summed E-state index contributed by atoms with van der Waals surface area (Å²) in [5, 5.41) is 3.14. The zero-order valence-electron chi connectivity index (χ0n) is 15.2. The molecule has 0 aromatic carbocycles. The standard InChI is InChI=1S/C20H34N2O/c1-16(2)5-4-6-17(3)9-12-22-13-10-18(11-14-22)15-21-20(23)19-7-8-19/h5,9,18-19H,4,6-8,10-15H2,1-3H3,(H,21,23). The molecule has 2 rings (SSSR count). The van der Waals surface area contributed by atoms with Crippen molar-refractivity contribution in [3.05, 3.63) is 23.3 Å². The third-order valence-electron chi connectivity index (χ3n) is 5.01. The van der Waals surface area contributed by atoms with Crippen LogP contribution in [0.4, 0.5) is 0 Å². The van der Waals surface area contributed by atoms with E-state index < -0.39 is 0 Å². The molecule has 0 unspecified atom stereocenters. The van der Waals surface area contributed by atoms with Crippen molar-refractivity contribution in [3.8, 4) is 0 Å². The molecule has 1 heterocycles. The first-order valence-electron chi connectivity index (χ1n) is 9.33. The number of piperidine rings is 1. The highest BCUT2D eigenvalue weighted by molar-refractivity contribution is 5.80. The zero-order chi connectivity index (χ0) is 16.7. The van der Waals surface area contributed by atoms with Crippen molar-refractivity contribution in [3.63, 3.8) is 0 Å². The number of nitrogens with one attached hydrogen (secondary N) is 1. The Morgan fingerprint density at radius 2 is 1.78 bits per heavy atom. The minimum Gasteiger partial charge on any atom is -0.356 e. The van der Waals surface area contributed by atoms with Gasteiger partial charge in [-0.2, -0.15) is 0 Å². The second-order valence-electron chi connectivity index (χ2n) is 7.63. The molecule has 0 atom stereocenters. The van der Waals surface area contributed by atoms with E-state index in [2.05, 4.69) is 43.1 Å². The fraction of sp³-hybridized carbons (Fsp3) is 0.750. The van der Waals surface area contributed by atoms with Crippen LogP contribution in [0.2, 0.25) is 0 Å². The minimum absolute atomic E-state index is 0.294. The Kier molecular flexibility index (Phi) is 7.35. The molecule has 1 aliphatic heterocycles. The molecule has 23 heavy (non-hydrogen) atoms. The van der Waals surface area contributed by atoms with Crippen LogP contribution in [0.3, 0.4) is 0 Å².